The molecule has 1 aliphatic carbocycles. The van der Waals surface area contributed by atoms with Crippen LogP contribution in [-0.4, -0.2) is 35.6 Å². The van der Waals surface area contributed by atoms with Gasteiger partial charge in [-0.2, -0.15) is 0 Å². The summed E-state index contributed by atoms with van der Waals surface area (Å²) >= 11 is 12.0. The number of aliphatic hydroxyl groups excluding tert-OH is 1. The molecule has 104 valence electrons. The number of amides is 1. The Kier molecular flexibility index (Phi) is 4.23. The molecule has 0 spiro atoms. The summed E-state index contributed by atoms with van der Waals surface area (Å²) < 4.78 is 0. The van der Waals surface area contributed by atoms with Gasteiger partial charge >= 0.3 is 0 Å². The SMILES string of the molecule is CN(CC1CC(O)C1)C(=O)c1cc(N)cc(Cl)c1Cl. The summed E-state index contributed by atoms with van der Waals surface area (Å²) in [6.07, 6.45) is 1.26. The fourth-order valence-electron chi connectivity index (χ4n) is 2.29. The zero-order valence-corrected chi connectivity index (χ0v) is 12.1. The summed E-state index contributed by atoms with van der Waals surface area (Å²) in [7, 11) is 1.71. The number of hydrogen-bond acceptors (Lipinski definition) is 3. The van der Waals surface area contributed by atoms with Crippen LogP contribution in [0.5, 0.6) is 0 Å². The first-order valence-corrected chi connectivity index (χ1v) is 6.82. The molecule has 0 radical (unpaired) electrons. The minimum absolute atomic E-state index is 0.208. The third-order valence-corrected chi connectivity index (χ3v) is 4.17. The summed E-state index contributed by atoms with van der Waals surface area (Å²) in [5.41, 5.74) is 6.40. The minimum Gasteiger partial charge on any atom is -0.399 e. The summed E-state index contributed by atoms with van der Waals surface area (Å²) in [6.45, 7) is 0.596. The quantitative estimate of drug-likeness (QED) is 0.843. The second-order valence-electron chi connectivity index (χ2n) is 5.04. The largest absolute Gasteiger partial charge is 0.399 e. The molecule has 1 aliphatic rings. The lowest BCUT2D eigenvalue weighted by molar-refractivity contribution is 0.0265. The molecule has 0 aromatic heterocycles. The standard InChI is InChI=1S/C13H16Cl2N2O2/c1-17(6-7-2-9(18)3-7)13(19)10-4-8(16)5-11(14)12(10)15/h4-5,7,9,18H,2-3,6,16H2,1H3. The lowest BCUT2D eigenvalue weighted by atomic mass is 9.82. The molecule has 0 saturated heterocycles. The van der Waals surface area contributed by atoms with E-state index >= 15 is 0 Å². The predicted molar refractivity (Wildman–Crippen MR) is 76.6 cm³/mol. The molecule has 19 heavy (non-hydrogen) atoms. The van der Waals surface area contributed by atoms with Gasteiger partial charge in [-0.1, -0.05) is 23.2 Å². The van der Waals surface area contributed by atoms with Gasteiger partial charge in [0.25, 0.3) is 5.91 Å². The van der Waals surface area contributed by atoms with Gasteiger partial charge in [0, 0.05) is 19.3 Å². The fraction of sp³-hybridized carbons (Fsp3) is 0.462. The smallest absolute Gasteiger partial charge is 0.255 e. The maximum absolute atomic E-state index is 12.3. The third kappa shape index (κ3) is 3.14. The normalized spacial score (nSPS) is 21.9. The van der Waals surface area contributed by atoms with E-state index in [2.05, 4.69) is 0 Å². The minimum atomic E-state index is -0.223. The van der Waals surface area contributed by atoms with E-state index in [9.17, 15) is 9.90 Å². The van der Waals surface area contributed by atoms with E-state index in [1.165, 1.54) is 12.1 Å². The summed E-state index contributed by atoms with van der Waals surface area (Å²) in [6, 6.07) is 3.05. The Labute approximate surface area is 122 Å². The van der Waals surface area contributed by atoms with Gasteiger partial charge in [0.15, 0.2) is 0 Å². The number of benzene rings is 1. The predicted octanol–water partition coefficient (Wildman–Crippen LogP) is 2.42. The number of nitrogens with zero attached hydrogens (tertiary/aromatic N) is 1. The van der Waals surface area contributed by atoms with Gasteiger partial charge < -0.3 is 15.7 Å². The van der Waals surface area contributed by atoms with Gasteiger partial charge in [-0.3, -0.25) is 4.79 Å². The number of aliphatic hydroxyl groups is 1. The zero-order chi connectivity index (χ0) is 14.2. The molecule has 3 N–H and O–H groups in total. The average molecular weight is 303 g/mol. The Morgan fingerprint density at radius 2 is 2.11 bits per heavy atom. The summed E-state index contributed by atoms with van der Waals surface area (Å²) in [5, 5.41) is 9.74. The number of hydrogen-bond donors (Lipinski definition) is 2. The molecule has 1 fully saturated rings. The van der Waals surface area contributed by atoms with Crippen molar-refractivity contribution in [3.63, 3.8) is 0 Å². The fourth-order valence-corrected chi connectivity index (χ4v) is 2.71. The van der Waals surface area contributed by atoms with E-state index in [1.54, 1.807) is 11.9 Å². The van der Waals surface area contributed by atoms with Crippen molar-refractivity contribution in [2.75, 3.05) is 19.3 Å². The monoisotopic (exact) mass is 302 g/mol. The van der Waals surface area contributed by atoms with E-state index in [0.717, 1.165) is 12.8 Å². The van der Waals surface area contributed by atoms with Gasteiger partial charge in [-0.15, -0.1) is 0 Å². The van der Waals surface area contributed by atoms with Crippen LogP contribution in [0.3, 0.4) is 0 Å². The first-order valence-electron chi connectivity index (χ1n) is 6.06. The van der Waals surface area contributed by atoms with Crippen LogP contribution >= 0.6 is 23.2 Å². The molecule has 0 aliphatic heterocycles. The zero-order valence-electron chi connectivity index (χ0n) is 10.6. The van der Waals surface area contributed by atoms with E-state index in [0.29, 0.717) is 23.7 Å². The maximum Gasteiger partial charge on any atom is 0.255 e. The second kappa shape index (κ2) is 5.57. The number of halogens is 2. The highest BCUT2D eigenvalue weighted by Crippen LogP contribution is 2.31. The van der Waals surface area contributed by atoms with Crippen molar-refractivity contribution < 1.29 is 9.90 Å². The third-order valence-electron chi connectivity index (χ3n) is 3.37. The van der Waals surface area contributed by atoms with Gasteiger partial charge in [-0.05, 0) is 30.9 Å². The van der Waals surface area contributed by atoms with E-state index < -0.39 is 0 Å². The number of nitrogens with two attached hydrogens (primary N) is 1. The van der Waals surface area contributed by atoms with Crippen LogP contribution in [0, 0.1) is 5.92 Å². The highest BCUT2D eigenvalue weighted by Gasteiger charge is 2.29. The van der Waals surface area contributed by atoms with Crippen molar-refractivity contribution in [3.8, 4) is 0 Å². The molecule has 0 unspecified atom stereocenters. The highest BCUT2D eigenvalue weighted by atomic mass is 35.5. The van der Waals surface area contributed by atoms with Crippen molar-refractivity contribution >= 4 is 34.8 Å². The number of rotatable bonds is 3. The first kappa shape index (κ1) is 14.4. The Balaban J connectivity index is 2.10. The molecule has 6 heteroatoms. The molecule has 0 bridgehead atoms. The van der Waals surface area contributed by atoms with E-state index in [4.69, 9.17) is 28.9 Å². The van der Waals surface area contributed by atoms with Crippen LogP contribution in [0.4, 0.5) is 5.69 Å². The van der Waals surface area contributed by atoms with Crippen LogP contribution < -0.4 is 5.73 Å². The van der Waals surface area contributed by atoms with Crippen LogP contribution in [0.15, 0.2) is 12.1 Å². The van der Waals surface area contributed by atoms with Gasteiger partial charge in [-0.25, -0.2) is 0 Å². The Hall–Kier alpha value is -0.970. The van der Waals surface area contributed by atoms with Gasteiger partial charge in [0.05, 0.1) is 21.7 Å². The Bertz CT molecular complexity index is 502. The molecule has 2 rings (SSSR count). The lowest BCUT2D eigenvalue weighted by Crippen LogP contribution is -2.39. The lowest BCUT2D eigenvalue weighted by Gasteiger charge is -2.34. The molecule has 1 amide bonds. The van der Waals surface area contributed by atoms with Crippen molar-refractivity contribution in [1.82, 2.24) is 4.90 Å². The Morgan fingerprint density at radius 3 is 2.68 bits per heavy atom. The summed E-state index contributed by atoms with van der Waals surface area (Å²) in [5.74, 6) is 0.139. The van der Waals surface area contributed by atoms with Crippen LogP contribution in [0.1, 0.15) is 23.2 Å². The number of nitrogen functional groups attached to an aromatic ring is 1. The second-order valence-corrected chi connectivity index (χ2v) is 5.83. The molecule has 0 heterocycles. The summed E-state index contributed by atoms with van der Waals surface area (Å²) in [4.78, 5) is 13.9. The molecule has 1 aromatic carbocycles. The molecular weight excluding hydrogens is 287 g/mol. The van der Waals surface area contributed by atoms with Crippen molar-refractivity contribution in [2.45, 2.75) is 18.9 Å². The molecule has 0 atom stereocenters. The van der Waals surface area contributed by atoms with Crippen molar-refractivity contribution in [2.24, 2.45) is 5.92 Å². The number of anilines is 1. The van der Waals surface area contributed by atoms with Gasteiger partial charge in [0.1, 0.15) is 0 Å². The average Bonchev–Trinajstić information content (AvgIpc) is 2.30. The van der Waals surface area contributed by atoms with Crippen LogP contribution in [0.25, 0.3) is 0 Å². The maximum atomic E-state index is 12.3. The van der Waals surface area contributed by atoms with Crippen molar-refractivity contribution in [1.29, 1.82) is 0 Å². The van der Waals surface area contributed by atoms with Crippen molar-refractivity contribution in [3.05, 3.63) is 27.7 Å². The molecule has 1 saturated carbocycles. The molecule has 1 aromatic rings. The van der Waals surface area contributed by atoms with Gasteiger partial charge in [0.2, 0.25) is 0 Å². The van der Waals surface area contributed by atoms with Crippen LogP contribution in [-0.2, 0) is 0 Å². The molecule has 4 nitrogen and oxygen atoms in total. The first-order chi connectivity index (χ1) is 8.88. The van der Waals surface area contributed by atoms with Crippen LogP contribution in [0.2, 0.25) is 10.0 Å². The molecular formula is C13H16Cl2N2O2. The van der Waals surface area contributed by atoms with E-state index in [1.807, 2.05) is 0 Å². The Morgan fingerprint density at radius 1 is 1.47 bits per heavy atom. The number of carbonyl (C=O) groups excluding carboxylic acids is 1. The topological polar surface area (TPSA) is 66.6 Å². The highest BCUT2D eigenvalue weighted by molar-refractivity contribution is 6.44. The van der Waals surface area contributed by atoms with E-state index in [-0.39, 0.29) is 22.1 Å². The number of carbonyl (C=O) groups is 1.